The second kappa shape index (κ2) is 4.53. The minimum absolute atomic E-state index is 0.293. The molecule has 0 N–H and O–H groups in total. The maximum Gasteiger partial charge on any atom is 0.377 e. The van der Waals surface area contributed by atoms with E-state index in [0.717, 1.165) is 19.3 Å². The number of halogens is 2. The summed E-state index contributed by atoms with van der Waals surface area (Å²) in [7, 11) is 0. The van der Waals surface area contributed by atoms with Crippen molar-refractivity contribution in [1.29, 1.82) is 0 Å². The lowest BCUT2D eigenvalue weighted by Crippen LogP contribution is -2.62. The topological polar surface area (TPSA) is 26.3 Å². The normalized spacial score (nSPS) is 43.5. The standard InChI is InChI=1S/C15H20F2O2S2/c1-13(16,17)12(18)19-14-6-9-4-10(7-14)15(11(5-9)8-14)20-2-3-21-15/h9-11H,2-8H2,1H3. The van der Waals surface area contributed by atoms with Crippen molar-refractivity contribution >= 4 is 29.5 Å². The van der Waals surface area contributed by atoms with E-state index in [1.165, 1.54) is 24.3 Å². The fourth-order valence-electron chi connectivity index (χ4n) is 5.18. The van der Waals surface area contributed by atoms with Crippen molar-refractivity contribution in [2.24, 2.45) is 17.8 Å². The van der Waals surface area contributed by atoms with Gasteiger partial charge in [0.25, 0.3) is 0 Å². The number of alkyl halides is 2. The molecule has 21 heavy (non-hydrogen) atoms. The lowest BCUT2D eigenvalue weighted by Gasteiger charge is -2.62. The van der Waals surface area contributed by atoms with Gasteiger partial charge >= 0.3 is 11.9 Å². The summed E-state index contributed by atoms with van der Waals surface area (Å²) in [5, 5.41) is 0. The summed E-state index contributed by atoms with van der Waals surface area (Å²) in [6, 6.07) is 0. The molecule has 1 saturated heterocycles. The lowest BCUT2D eigenvalue weighted by molar-refractivity contribution is -0.208. The average molecular weight is 334 g/mol. The van der Waals surface area contributed by atoms with Gasteiger partial charge in [-0.1, -0.05) is 0 Å². The van der Waals surface area contributed by atoms with Crippen molar-refractivity contribution in [1.82, 2.24) is 0 Å². The van der Waals surface area contributed by atoms with Gasteiger partial charge in [0.05, 0.1) is 4.08 Å². The first kappa shape index (κ1) is 14.6. The van der Waals surface area contributed by atoms with E-state index in [1.54, 1.807) is 0 Å². The zero-order valence-corrected chi connectivity index (χ0v) is 13.7. The molecular formula is C15H20F2O2S2. The summed E-state index contributed by atoms with van der Waals surface area (Å²) in [4.78, 5) is 11.7. The molecule has 6 heteroatoms. The van der Waals surface area contributed by atoms with Crippen LogP contribution in [-0.4, -0.2) is 33.1 Å². The highest BCUT2D eigenvalue weighted by Crippen LogP contribution is 2.70. The summed E-state index contributed by atoms with van der Waals surface area (Å²) in [6.07, 6.45) is 4.77. The Labute approximate surface area is 132 Å². The van der Waals surface area contributed by atoms with Crippen LogP contribution >= 0.6 is 23.5 Å². The van der Waals surface area contributed by atoms with Crippen LogP contribution in [0.25, 0.3) is 0 Å². The third-order valence-electron chi connectivity index (χ3n) is 5.68. The van der Waals surface area contributed by atoms with Crippen LogP contribution in [0.4, 0.5) is 8.78 Å². The van der Waals surface area contributed by atoms with Crippen molar-refractivity contribution in [3.05, 3.63) is 0 Å². The molecule has 1 spiro atoms. The molecule has 5 rings (SSSR count). The van der Waals surface area contributed by atoms with E-state index < -0.39 is 17.5 Å². The highest BCUT2D eigenvalue weighted by atomic mass is 32.2. The molecule has 1 aliphatic heterocycles. The van der Waals surface area contributed by atoms with Crippen molar-refractivity contribution in [2.45, 2.75) is 54.6 Å². The monoisotopic (exact) mass is 334 g/mol. The summed E-state index contributed by atoms with van der Waals surface area (Å²) in [5.74, 6) is -0.695. The van der Waals surface area contributed by atoms with Gasteiger partial charge in [-0.25, -0.2) is 4.79 Å². The predicted octanol–water partition coefficient (Wildman–Crippen LogP) is 3.94. The Bertz CT molecular complexity index is 453. The first-order valence-electron chi connectivity index (χ1n) is 7.72. The van der Waals surface area contributed by atoms with Gasteiger partial charge in [-0.05, 0) is 49.9 Å². The van der Waals surface area contributed by atoms with Gasteiger partial charge in [0, 0.05) is 18.4 Å². The van der Waals surface area contributed by atoms with E-state index in [1.807, 2.05) is 0 Å². The minimum atomic E-state index is -3.38. The summed E-state index contributed by atoms with van der Waals surface area (Å²) >= 11 is 4.16. The van der Waals surface area contributed by atoms with E-state index >= 15 is 0 Å². The molecule has 2 unspecified atom stereocenters. The molecule has 5 fully saturated rings. The third kappa shape index (κ3) is 2.15. The average Bonchev–Trinajstić information content (AvgIpc) is 2.84. The van der Waals surface area contributed by atoms with Gasteiger partial charge in [0.2, 0.25) is 0 Å². The zero-order valence-electron chi connectivity index (χ0n) is 12.1. The SMILES string of the molecule is CC(F)(F)C(=O)OC12CC3CC(C1)C1(SCCS1)C(C3)C2. The van der Waals surface area contributed by atoms with Crippen LogP contribution in [0, 0.1) is 17.8 Å². The summed E-state index contributed by atoms with van der Waals surface area (Å²) in [6.45, 7) is 0.639. The molecule has 0 radical (unpaired) electrons. The highest BCUT2D eigenvalue weighted by Gasteiger charge is 2.65. The number of rotatable bonds is 2. The first-order valence-corrected chi connectivity index (χ1v) is 9.69. The van der Waals surface area contributed by atoms with Crippen LogP contribution < -0.4 is 0 Å². The Morgan fingerprint density at radius 3 is 2.24 bits per heavy atom. The Kier molecular flexibility index (Phi) is 3.15. The van der Waals surface area contributed by atoms with Crippen LogP contribution in [0.1, 0.15) is 39.0 Å². The first-order chi connectivity index (χ1) is 9.83. The Hall–Kier alpha value is 0.0300. The molecule has 0 amide bonds. The number of hydrogen-bond donors (Lipinski definition) is 0. The van der Waals surface area contributed by atoms with Gasteiger partial charge in [-0.2, -0.15) is 8.78 Å². The van der Waals surface area contributed by atoms with Gasteiger partial charge in [-0.15, -0.1) is 23.5 Å². The fourth-order valence-corrected chi connectivity index (χ4v) is 8.98. The van der Waals surface area contributed by atoms with E-state index in [0.29, 0.717) is 28.8 Å². The molecule has 2 nitrogen and oxygen atoms in total. The Morgan fingerprint density at radius 1 is 1.14 bits per heavy atom. The number of carbonyl (C=O) groups excluding carboxylic acids is 1. The molecule has 2 atom stereocenters. The number of ether oxygens (including phenoxy) is 1. The van der Waals surface area contributed by atoms with Crippen LogP contribution in [0.15, 0.2) is 0 Å². The van der Waals surface area contributed by atoms with Crippen LogP contribution in [-0.2, 0) is 9.53 Å². The number of carbonyl (C=O) groups is 1. The molecule has 4 bridgehead atoms. The van der Waals surface area contributed by atoms with Gasteiger partial charge < -0.3 is 4.74 Å². The molecule has 5 aliphatic rings. The molecular weight excluding hydrogens is 314 g/mol. The third-order valence-corrected chi connectivity index (χ3v) is 9.70. The molecule has 1 heterocycles. The van der Waals surface area contributed by atoms with Crippen molar-refractivity contribution in [3.8, 4) is 0 Å². The van der Waals surface area contributed by atoms with Crippen LogP contribution in [0.3, 0.4) is 0 Å². The zero-order chi connectivity index (χ0) is 14.9. The fraction of sp³-hybridized carbons (Fsp3) is 0.933. The van der Waals surface area contributed by atoms with Crippen LogP contribution in [0.2, 0.25) is 0 Å². The summed E-state index contributed by atoms with van der Waals surface area (Å²) in [5.41, 5.74) is -0.595. The van der Waals surface area contributed by atoms with Crippen molar-refractivity contribution in [3.63, 3.8) is 0 Å². The molecule has 4 aliphatic carbocycles. The van der Waals surface area contributed by atoms with E-state index in [2.05, 4.69) is 23.5 Å². The lowest BCUT2D eigenvalue weighted by atomic mass is 9.53. The predicted molar refractivity (Wildman–Crippen MR) is 80.6 cm³/mol. The quantitative estimate of drug-likeness (QED) is 0.715. The molecule has 0 aromatic rings. The molecule has 4 saturated carbocycles. The molecule has 0 aromatic carbocycles. The van der Waals surface area contributed by atoms with E-state index in [9.17, 15) is 13.6 Å². The number of esters is 1. The highest BCUT2D eigenvalue weighted by molar-refractivity contribution is 8.21. The minimum Gasteiger partial charge on any atom is -0.455 e. The van der Waals surface area contributed by atoms with Crippen molar-refractivity contribution in [2.75, 3.05) is 11.5 Å². The van der Waals surface area contributed by atoms with Crippen LogP contribution in [0.5, 0.6) is 0 Å². The maximum absolute atomic E-state index is 13.2. The Balaban J connectivity index is 1.59. The van der Waals surface area contributed by atoms with E-state index in [4.69, 9.17) is 4.74 Å². The van der Waals surface area contributed by atoms with Gasteiger partial charge in [-0.3, -0.25) is 0 Å². The van der Waals surface area contributed by atoms with Gasteiger partial charge in [0.1, 0.15) is 5.60 Å². The number of thioether (sulfide) groups is 2. The second-order valence-corrected chi connectivity index (χ2v) is 10.2. The van der Waals surface area contributed by atoms with E-state index in [-0.39, 0.29) is 0 Å². The number of hydrogen-bond acceptors (Lipinski definition) is 4. The largest absolute Gasteiger partial charge is 0.455 e. The van der Waals surface area contributed by atoms with Crippen molar-refractivity contribution < 1.29 is 18.3 Å². The smallest absolute Gasteiger partial charge is 0.377 e. The summed E-state index contributed by atoms with van der Waals surface area (Å²) < 4.78 is 32.1. The van der Waals surface area contributed by atoms with Gasteiger partial charge in [0.15, 0.2) is 0 Å². The second-order valence-electron chi connectivity index (χ2n) is 7.22. The maximum atomic E-state index is 13.2. The molecule has 118 valence electrons. The molecule has 0 aromatic heterocycles. The Morgan fingerprint density at radius 2 is 1.71 bits per heavy atom.